The van der Waals surface area contributed by atoms with Crippen LogP contribution in [0.25, 0.3) is 11.0 Å². The van der Waals surface area contributed by atoms with Gasteiger partial charge in [-0.1, -0.05) is 20.8 Å². The van der Waals surface area contributed by atoms with Crippen molar-refractivity contribution in [3.05, 3.63) is 47.8 Å². The highest BCUT2D eigenvalue weighted by molar-refractivity contribution is 5.94. The zero-order valence-corrected chi connectivity index (χ0v) is 18.9. The van der Waals surface area contributed by atoms with Crippen LogP contribution in [0.2, 0.25) is 0 Å². The third kappa shape index (κ3) is 4.95. The van der Waals surface area contributed by atoms with Crippen LogP contribution in [-0.2, 0) is 0 Å². The minimum absolute atomic E-state index is 0.0332. The number of ether oxygens (including phenoxy) is 1. The number of fused-ring (bicyclic) bond motifs is 1. The van der Waals surface area contributed by atoms with Crippen molar-refractivity contribution < 1.29 is 32.2 Å². The Labute approximate surface area is 193 Å². The van der Waals surface area contributed by atoms with E-state index in [-0.39, 0.29) is 28.7 Å². The average Bonchev–Trinajstić information content (AvgIpc) is 3.06. The molecule has 6 nitrogen and oxygen atoms in total. The fourth-order valence-electron chi connectivity index (χ4n) is 5.11. The number of alkyl halides is 3. The molecule has 10 heteroatoms. The lowest BCUT2D eigenvalue weighted by atomic mass is 9.70. The van der Waals surface area contributed by atoms with Crippen LogP contribution in [0.1, 0.15) is 56.4 Å². The SMILES string of the molecule is C[C@@H]1C[C@H](n2c(Nc3ccc(OC(F)(F)F)cc3)nc3c(F)c(C(=O)O)ccc32)CC(C)(C)C1. The molecule has 1 aliphatic rings. The molecule has 4 rings (SSSR count). The maximum absolute atomic E-state index is 15.1. The Morgan fingerprint density at radius 2 is 1.85 bits per heavy atom. The highest BCUT2D eigenvalue weighted by Gasteiger charge is 2.35. The standard InChI is InChI=1S/C24H25F4N3O3/c1-13-10-15(12-23(2,3)11-13)31-18-9-8-17(21(32)33)19(25)20(18)30-22(31)29-14-4-6-16(7-5-14)34-24(26,27)28/h4-9,13,15H,10-12H2,1-3H3,(H,29,30)(H,32,33)/t13-,15+/m1/s1. The van der Waals surface area contributed by atoms with Crippen LogP contribution in [0.3, 0.4) is 0 Å². The Morgan fingerprint density at radius 1 is 1.18 bits per heavy atom. The number of hydrogen-bond donors (Lipinski definition) is 2. The summed E-state index contributed by atoms with van der Waals surface area (Å²) in [5.74, 6) is -2.00. The Bertz CT molecular complexity index is 1220. The zero-order chi connectivity index (χ0) is 24.8. The number of hydrogen-bond acceptors (Lipinski definition) is 4. The second kappa shape index (κ2) is 8.48. The average molecular weight is 479 g/mol. The predicted octanol–water partition coefficient (Wildman–Crippen LogP) is 6.90. The highest BCUT2D eigenvalue weighted by Crippen LogP contribution is 2.46. The molecular weight excluding hydrogens is 454 g/mol. The molecule has 182 valence electrons. The van der Waals surface area contributed by atoms with Gasteiger partial charge in [-0.3, -0.25) is 0 Å². The molecule has 0 radical (unpaired) electrons. The monoisotopic (exact) mass is 479 g/mol. The molecule has 0 amide bonds. The molecular formula is C24H25F4N3O3. The van der Waals surface area contributed by atoms with Gasteiger partial charge in [-0.25, -0.2) is 14.2 Å². The Balaban J connectivity index is 1.78. The van der Waals surface area contributed by atoms with Gasteiger partial charge >= 0.3 is 12.3 Å². The molecule has 0 spiro atoms. The van der Waals surface area contributed by atoms with Gasteiger partial charge in [0.2, 0.25) is 5.95 Å². The molecule has 0 bridgehead atoms. The van der Waals surface area contributed by atoms with E-state index >= 15 is 4.39 Å². The third-order valence-electron chi connectivity index (χ3n) is 6.10. The Kier molecular flexibility index (Phi) is 5.95. The number of aromatic carboxylic acids is 1. The fourth-order valence-corrected chi connectivity index (χ4v) is 5.11. The van der Waals surface area contributed by atoms with Crippen LogP contribution in [0.4, 0.5) is 29.2 Å². The second-order valence-corrected chi connectivity index (χ2v) is 9.67. The molecule has 1 aromatic heterocycles. The molecule has 2 atom stereocenters. The van der Waals surface area contributed by atoms with Crippen LogP contribution < -0.4 is 10.1 Å². The Hall–Kier alpha value is -3.30. The minimum Gasteiger partial charge on any atom is -0.478 e. The summed E-state index contributed by atoms with van der Waals surface area (Å²) < 4.78 is 58.2. The first-order valence-electron chi connectivity index (χ1n) is 10.9. The summed E-state index contributed by atoms with van der Waals surface area (Å²) in [4.78, 5) is 15.8. The van der Waals surface area contributed by atoms with Crippen LogP contribution in [0, 0.1) is 17.2 Å². The first kappa shape index (κ1) is 23.8. The quantitative estimate of drug-likeness (QED) is 0.389. The lowest BCUT2D eigenvalue weighted by Gasteiger charge is -2.40. The van der Waals surface area contributed by atoms with E-state index in [0.717, 1.165) is 31.4 Å². The van der Waals surface area contributed by atoms with E-state index in [0.29, 0.717) is 17.1 Å². The van der Waals surface area contributed by atoms with Gasteiger partial charge in [-0.15, -0.1) is 13.2 Å². The van der Waals surface area contributed by atoms with Crippen molar-refractivity contribution in [1.82, 2.24) is 9.55 Å². The number of aromatic nitrogens is 2. The van der Waals surface area contributed by atoms with Gasteiger partial charge in [0.15, 0.2) is 5.82 Å². The number of imidazole rings is 1. The van der Waals surface area contributed by atoms with E-state index in [9.17, 15) is 23.1 Å². The summed E-state index contributed by atoms with van der Waals surface area (Å²) in [7, 11) is 0. The van der Waals surface area contributed by atoms with Crippen molar-refractivity contribution in [2.24, 2.45) is 11.3 Å². The normalized spacial score (nSPS) is 20.3. The number of halogens is 4. The van der Waals surface area contributed by atoms with Crippen molar-refractivity contribution in [2.45, 2.75) is 52.4 Å². The number of nitrogens with one attached hydrogen (secondary N) is 1. The van der Waals surface area contributed by atoms with Gasteiger partial charge in [0, 0.05) is 11.7 Å². The molecule has 2 N–H and O–H groups in total. The first-order valence-corrected chi connectivity index (χ1v) is 10.9. The minimum atomic E-state index is -4.80. The lowest BCUT2D eigenvalue weighted by molar-refractivity contribution is -0.274. The molecule has 0 unspecified atom stereocenters. The molecule has 0 saturated heterocycles. The second-order valence-electron chi connectivity index (χ2n) is 9.67. The largest absolute Gasteiger partial charge is 0.573 e. The predicted molar refractivity (Wildman–Crippen MR) is 119 cm³/mol. The van der Waals surface area contributed by atoms with Crippen molar-refractivity contribution in [2.75, 3.05) is 5.32 Å². The summed E-state index contributed by atoms with van der Waals surface area (Å²) in [6.07, 6.45) is -2.13. The van der Waals surface area contributed by atoms with Gasteiger partial charge in [-0.2, -0.15) is 0 Å². The van der Waals surface area contributed by atoms with E-state index in [2.05, 4.69) is 35.8 Å². The number of carbonyl (C=O) groups is 1. The summed E-state index contributed by atoms with van der Waals surface area (Å²) >= 11 is 0. The summed E-state index contributed by atoms with van der Waals surface area (Å²) in [6.45, 7) is 6.50. The number of carboxylic acids is 1. The molecule has 1 heterocycles. The van der Waals surface area contributed by atoms with Crippen LogP contribution in [0.15, 0.2) is 36.4 Å². The number of benzene rings is 2. The van der Waals surface area contributed by atoms with E-state index in [1.807, 2.05) is 4.57 Å². The van der Waals surface area contributed by atoms with Crippen molar-refractivity contribution >= 4 is 28.6 Å². The number of rotatable bonds is 5. The van der Waals surface area contributed by atoms with E-state index in [1.165, 1.54) is 18.2 Å². The van der Waals surface area contributed by atoms with Gasteiger partial charge in [-0.05, 0) is 67.0 Å². The van der Waals surface area contributed by atoms with E-state index in [4.69, 9.17) is 0 Å². The van der Waals surface area contributed by atoms with Gasteiger partial charge in [0.25, 0.3) is 0 Å². The Morgan fingerprint density at radius 3 is 2.44 bits per heavy atom. The molecule has 34 heavy (non-hydrogen) atoms. The number of anilines is 2. The number of nitrogens with zero attached hydrogens (tertiary/aromatic N) is 2. The maximum atomic E-state index is 15.1. The molecule has 2 aromatic carbocycles. The van der Waals surface area contributed by atoms with E-state index in [1.54, 1.807) is 6.07 Å². The molecule has 0 aliphatic heterocycles. The van der Waals surface area contributed by atoms with Crippen molar-refractivity contribution in [3.63, 3.8) is 0 Å². The lowest BCUT2D eigenvalue weighted by Crippen LogP contribution is -2.29. The van der Waals surface area contributed by atoms with Crippen LogP contribution in [-0.4, -0.2) is 27.0 Å². The van der Waals surface area contributed by atoms with Crippen LogP contribution in [0.5, 0.6) is 5.75 Å². The highest BCUT2D eigenvalue weighted by atomic mass is 19.4. The summed E-state index contributed by atoms with van der Waals surface area (Å²) in [5.41, 5.74) is 0.363. The van der Waals surface area contributed by atoms with Gasteiger partial charge in [0.05, 0.1) is 11.1 Å². The summed E-state index contributed by atoms with van der Waals surface area (Å²) in [6, 6.07) is 7.87. The molecule has 1 saturated carbocycles. The smallest absolute Gasteiger partial charge is 0.478 e. The fraction of sp³-hybridized carbons (Fsp3) is 0.417. The molecule has 3 aromatic rings. The topological polar surface area (TPSA) is 76.4 Å². The van der Waals surface area contributed by atoms with Crippen molar-refractivity contribution in [3.8, 4) is 5.75 Å². The third-order valence-corrected chi connectivity index (χ3v) is 6.10. The zero-order valence-electron chi connectivity index (χ0n) is 18.9. The molecule has 1 fully saturated rings. The molecule has 1 aliphatic carbocycles. The number of carboxylic acid groups (broad SMARTS) is 1. The van der Waals surface area contributed by atoms with Gasteiger partial charge < -0.3 is 19.7 Å². The first-order chi connectivity index (χ1) is 15.8. The van der Waals surface area contributed by atoms with E-state index < -0.39 is 23.7 Å². The van der Waals surface area contributed by atoms with Crippen molar-refractivity contribution in [1.29, 1.82) is 0 Å². The van der Waals surface area contributed by atoms with Gasteiger partial charge in [0.1, 0.15) is 11.3 Å². The maximum Gasteiger partial charge on any atom is 0.573 e. The van der Waals surface area contributed by atoms with Crippen LogP contribution >= 0.6 is 0 Å². The summed E-state index contributed by atoms with van der Waals surface area (Å²) in [5, 5.41) is 12.4.